The zero-order valence-electron chi connectivity index (χ0n) is 5.45. The van der Waals surface area contributed by atoms with E-state index in [9.17, 15) is 8.78 Å². The van der Waals surface area contributed by atoms with E-state index in [0.29, 0.717) is 5.57 Å². The van der Waals surface area contributed by atoms with E-state index in [1.807, 2.05) is 0 Å². The first-order chi connectivity index (χ1) is 3.98. The van der Waals surface area contributed by atoms with Crippen LogP contribution in [-0.4, -0.2) is 12.5 Å². The van der Waals surface area contributed by atoms with Crippen molar-refractivity contribution >= 4 is 0 Å². The van der Waals surface area contributed by atoms with Crippen LogP contribution in [0.1, 0.15) is 13.3 Å². The van der Waals surface area contributed by atoms with Crippen LogP contribution < -0.4 is 5.73 Å². The molecule has 0 saturated heterocycles. The second kappa shape index (κ2) is 2.92. The molecule has 9 heavy (non-hydrogen) atoms. The molecule has 0 saturated carbocycles. The van der Waals surface area contributed by atoms with Crippen molar-refractivity contribution in [3.63, 3.8) is 0 Å². The van der Waals surface area contributed by atoms with Crippen molar-refractivity contribution in [3.05, 3.63) is 12.2 Å². The van der Waals surface area contributed by atoms with Crippen molar-refractivity contribution in [1.82, 2.24) is 0 Å². The van der Waals surface area contributed by atoms with Gasteiger partial charge >= 0.3 is 0 Å². The third-order valence-corrected chi connectivity index (χ3v) is 0.859. The molecule has 0 fully saturated rings. The van der Waals surface area contributed by atoms with Gasteiger partial charge in [0.05, 0.1) is 6.54 Å². The Morgan fingerprint density at radius 2 is 2.11 bits per heavy atom. The number of hydrogen-bond acceptors (Lipinski definition) is 1. The molecule has 0 radical (unpaired) electrons. The van der Waals surface area contributed by atoms with Crippen molar-refractivity contribution in [2.75, 3.05) is 6.54 Å². The number of rotatable bonds is 3. The van der Waals surface area contributed by atoms with Crippen LogP contribution in [0, 0.1) is 0 Å². The minimum Gasteiger partial charge on any atom is -0.325 e. The van der Waals surface area contributed by atoms with Gasteiger partial charge in [0.2, 0.25) is 0 Å². The Morgan fingerprint density at radius 1 is 1.67 bits per heavy atom. The lowest BCUT2D eigenvalue weighted by atomic mass is 10.1. The van der Waals surface area contributed by atoms with Crippen LogP contribution in [0.15, 0.2) is 12.2 Å². The maximum absolute atomic E-state index is 12.2. The summed E-state index contributed by atoms with van der Waals surface area (Å²) in [7, 11) is 0. The summed E-state index contributed by atoms with van der Waals surface area (Å²) >= 11 is 0. The SMILES string of the molecule is C=C(C)CC(F)(F)CN. The smallest absolute Gasteiger partial charge is 0.263 e. The highest BCUT2D eigenvalue weighted by atomic mass is 19.3. The molecule has 0 bridgehead atoms. The van der Waals surface area contributed by atoms with E-state index in [1.54, 1.807) is 6.92 Å². The van der Waals surface area contributed by atoms with Gasteiger partial charge in [0.25, 0.3) is 5.92 Å². The van der Waals surface area contributed by atoms with Crippen molar-refractivity contribution in [2.24, 2.45) is 5.73 Å². The maximum atomic E-state index is 12.2. The van der Waals surface area contributed by atoms with Gasteiger partial charge in [0.1, 0.15) is 0 Å². The summed E-state index contributed by atoms with van der Waals surface area (Å²) in [4.78, 5) is 0. The molecular formula is C6H11F2N. The van der Waals surface area contributed by atoms with Gasteiger partial charge < -0.3 is 5.73 Å². The van der Waals surface area contributed by atoms with Crippen molar-refractivity contribution in [1.29, 1.82) is 0 Å². The van der Waals surface area contributed by atoms with Crippen LogP contribution >= 0.6 is 0 Å². The molecule has 0 atom stereocenters. The molecule has 0 aliphatic rings. The van der Waals surface area contributed by atoms with Crippen LogP contribution in [0.5, 0.6) is 0 Å². The van der Waals surface area contributed by atoms with E-state index < -0.39 is 12.5 Å². The van der Waals surface area contributed by atoms with E-state index in [1.165, 1.54) is 0 Å². The largest absolute Gasteiger partial charge is 0.325 e. The highest BCUT2D eigenvalue weighted by Gasteiger charge is 2.25. The predicted molar refractivity (Wildman–Crippen MR) is 33.4 cm³/mol. The van der Waals surface area contributed by atoms with E-state index in [4.69, 9.17) is 5.73 Å². The van der Waals surface area contributed by atoms with Crippen LogP contribution in [-0.2, 0) is 0 Å². The Kier molecular flexibility index (Phi) is 2.77. The van der Waals surface area contributed by atoms with Crippen LogP contribution in [0.2, 0.25) is 0 Å². The Morgan fingerprint density at radius 3 is 2.22 bits per heavy atom. The molecular weight excluding hydrogens is 124 g/mol. The Bertz CT molecular complexity index is 110. The van der Waals surface area contributed by atoms with E-state index in [0.717, 1.165) is 0 Å². The molecule has 0 aromatic heterocycles. The zero-order valence-corrected chi connectivity index (χ0v) is 5.45. The lowest BCUT2D eigenvalue weighted by Gasteiger charge is -2.12. The van der Waals surface area contributed by atoms with Crippen LogP contribution in [0.25, 0.3) is 0 Å². The van der Waals surface area contributed by atoms with Crippen molar-refractivity contribution in [2.45, 2.75) is 19.3 Å². The van der Waals surface area contributed by atoms with Crippen molar-refractivity contribution < 1.29 is 8.78 Å². The first-order valence-electron chi connectivity index (χ1n) is 2.70. The van der Waals surface area contributed by atoms with Crippen LogP contribution in [0.4, 0.5) is 8.78 Å². The fraction of sp³-hybridized carbons (Fsp3) is 0.667. The molecule has 0 aromatic rings. The molecule has 0 aromatic carbocycles. The van der Waals surface area contributed by atoms with Gasteiger partial charge in [-0.05, 0) is 6.92 Å². The Balaban J connectivity index is 3.71. The minimum atomic E-state index is -2.76. The first kappa shape index (κ1) is 8.56. The Labute approximate surface area is 53.5 Å². The normalized spacial score (nSPS) is 11.6. The monoisotopic (exact) mass is 135 g/mol. The van der Waals surface area contributed by atoms with E-state index in [-0.39, 0.29) is 6.42 Å². The van der Waals surface area contributed by atoms with Gasteiger partial charge in [-0.15, -0.1) is 0 Å². The van der Waals surface area contributed by atoms with Gasteiger partial charge in [0.15, 0.2) is 0 Å². The number of halogens is 2. The lowest BCUT2D eigenvalue weighted by molar-refractivity contribution is 0.0117. The number of allylic oxidation sites excluding steroid dienone is 1. The molecule has 0 unspecified atom stereocenters. The summed E-state index contributed by atoms with van der Waals surface area (Å²) in [5.74, 6) is -2.76. The third kappa shape index (κ3) is 4.09. The molecule has 54 valence electrons. The molecule has 0 rings (SSSR count). The predicted octanol–water partition coefficient (Wildman–Crippen LogP) is 1.55. The highest BCUT2D eigenvalue weighted by Crippen LogP contribution is 2.19. The second-order valence-electron chi connectivity index (χ2n) is 2.19. The molecule has 3 heteroatoms. The van der Waals surface area contributed by atoms with Gasteiger partial charge in [-0.1, -0.05) is 12.2 Å². The summed E-state index contributed by atoms with van der Waals surface area (Å²) in [5, 5.41) is 0. The number of hydrogen-bond donors (Lipinski definition) is 1. The maximum Gasteiger partial charge on any atom is 0.263 e. The minimum absolute atomic E-state index is 0.302. The lowest BCUT2D eigenvalue weighted by Crippen LogP contribution is -2.27. The van der Waals surface area contributed by atoms with Gasteiger partial charge in [-0.25, -0.2) is 8.78 Å². The van der Waals surface area contributed by atoms with E-state index >= 15 is 0 Å². The molecule has 0 aliphatic carbocycles. The summed E-state index contributed by atoms with van der Waals surface area (Å²) < 4.78 is 24.4. The van der Waals surface area contributed by atoms with Gasteiger partial charge in [-0.2, -0.15) is 0 Å². The summed E-state index contributed by atoms with van der Waals surface area (Å²) in [6.45, 7) is 4.31. The highest BCUT2D eigenvalue weighted by molar-refractivity contribution is 4.93. The second-order valence-corrected chi connectivity index (χ2v) is 2.19. The topological polar surface area (TPSA) is 26.0 Å². The third-order valence-electron chi connectivity index (χ3n) is 0.859. The molecule has 2 N–H and O–H groups in total. The average molecular weight is 135 g/mol. The summed E-state index contributed by atoms with van der Waals surface area (Å²) in [5.41, 5.74) is 5.23. The molecule has 0 aliphatic heterocycles. The molecule has 0 spiro atoms. The fourth-order valence-electron chi connectivity index (χ4n) is 0.514. The van der Waals surface area contributed by atoms with Gasteiger partial charge in [0, 0.05) is 6.42 Å². The van der Waals surface area contributed by atoms with E-state index in [2.05, 4.69) is 6.58 Å². The number of alkyl halides is 2. The number of nitrogens with two attached hydrogens (primary N) is 1. The quantitative estimate of drug-likeness (QED) is 0.584. The average Bonchev–Trinajstić information content (AvgIpc) is 1.63. The zero-order chi connectivity index (χ0) is 7.49. The van der Waals surface area contributed by atoms with Gasteiger partial charge in [-0.3, -0.25) is 0 Å². The standard InChI is InChI=1S/C6H11F2N/c1-5(2)3-6(7,8)4-9/h1,3-4,9H2,2H3. The fourth-order valence-corrected chi connectivity index (χ4v) is 0.514. The first-order valence-corrected chi connectivity index (χ1v) is 2.70. The summed E-state index contributed by atoms with van der Waals surface area (Å²) in [6.07, 6.45) is -0.302. The van der Waals surface area contributed by atoms with Crippen LogP contribution in [0.3, 0.4) is 0 Å². The Hall–Kier alpha value is -0.440. The molecule has 1 nitrogen and oxygen atoms in total. The van der Waals surface area contributed by atoms with Crippen molar-refractivity contribution in [3.8, 4) is 0 Å². The summed E-state index contributed by atoms with van der Waals surface area (Å²) in [6, 6.07) is 0. The molecule has 0 amide bonds. The molecule has 0 heterocycles.